The van der Waals surface area contributed by atoms with Crippen molar-refractivity contribution in [2.24, 2.45) is 0 Å². The van der Waals surface area contributed by atoms with Gasteiger partial charge in [-0.15, -0.1) is 0 Å². The summed E-state index contributed by atoms with van der Waals surface area (Å²) in [6, 6.07) is 0. The second-order valence-corrected chi connectivity index (χ2v) is 3.30. The number of rotatable bonds is 2. The Hall–Kier alpha value is -1.69. The zero-order chi connectivity index (χ0) is 9.38. The van der Waals surface area contributed by atoms with E-state index in [1.807, 2.05) is 0 Å². The minimum atomic E-state index is 0.402. The Labute approximate surface area is 79.7 Å². The van der Waals surface area contributed by atoms with E-state index >= 15 is 0 Å². The molecule has 1 aliphatic heterocycles. The fourth-order valence-corrected chi connectivity index (χ4v) is 1.36. The van der Waals surface area contributed by atoms with Crippen molar-refractivity contribution in [1.82, 2.24) is 25.7 Å². The van der Waals surface area contributed by atoms with Crippen LogP contribution in [0, 0.1) is 0 Å². The van der Waals surface area contributed by atoms with Crippen LogP contribution in [0.15, 0.2) is 16.9 Å². The molecule has 3 heterocycles. The Morgan fingerprint density at radius 1 is 1.43 bits per heavy atom. The Bertz CT molecular complexity index is 417. The van der Waals surface area contributed by atoms with Crippen LogP contribution in [-0.2, 0) is 0 Å². The Balaban J connectivity index is 1.90. The van der Waals surface area contributed by atoms with Crippen LogP contribution < -0.4 is 5.32 Å². The van der Waals surface area contributed by atoms with Crippen molar-refractivity contribution in [3.63, 3.8) is 0 Å². The van der Waals surface area contributed by atoms with Crippen LogP contribution in [0.4, 0.5) is 0 Å². The first-order valence-corrected chi connectivity index (χ1v) is 4.47. The van der Waals surface area contributed by atoms with E-state index in [9.17, 15) is 0 Å². The predicted octanol–water partition coefficient (Wildman–Crippen LogP) is 0.146. The maximum absolute atomic E-state index is 5.12. The number of nitrogens with one attached hydrogen (secondary N) is 2. The molecule has 0 aliphatic carbocycles. The third-order valence-electron chi connectivity index (χ3n) is 2.33. The number of hydrogen-bond acceptors (Lipinski definition) is 5. The van der Waals surface area contributed by atoms with Gasteiger partial charge < -0.3 is 9.84 Å². The Kier molecular flexibility index (Phi) is 1.60. The summed E-state index contributed by atoms with van der Waals surface area (Å²) >= 11 is 0. The maximum Gasteiger partial charge on any atom is 0.261 e. The van der Waals surface area contributed by atoms with Crippen LogP contribution in [0.2, 0.25) is 0 Å². The maximum atomic E-state index is 5.12. The van der Waals surface area contributed by atoms with E-state index < -0.39 is 0 Å². The number of hydrogen-bond donors (Lipinski definition) is 2. The first-order chi connectivity index (χ1) is 6.93. The highest BCUT2D eigenvalue weighted by atomic mass is 16.5. The van der Waals surface area contributed by atoms with Gasteiger partial charge in [-0.2, -0.15) is 10.1 Å². The molecule has 0 spiro atoms. The zero-order valence-electron chi connectivity index (χ0n) is 7.40. The minimum Gasteiger partial charge on any atom is -0.334 e. The van der Waals surface area contributed by atoms with Crippen molar-refractivity contribution < 1.29 is 4.52 Å². The summed E-state index contributed by atoms with van der Waals surface area (Å²) in [6.07, 6.45) is 3.40. The predicted molar refractivity (Wildman–Crippen MR) is 47.5 cm³/mol. The van der Waals surface area contributed by atoms with Crippen LogP contribution in [-0.4, -0.2) is 33.4 Å². The lowest BCUT2D eigenvalue weighted by Crippen LogP contribution is -2.40. The molecule has 0 atom stereocenters. The van der Waals surface area contributed by atoms with E-state index in [2.05, 4.69) is 25.7 Å². The van der Waals surface area contributed by atoms with Gasteiger partial charge in [0.2, 0.25) is 0 Å². The fourth-order valence-electron chi connectivity index (χ4n) is 1.36. The van der Waals surface area contributed by atoms with Crippen LogP contribution in [0.3, 0.4) is 0 Å². The van der Waals surface area contributed by atoms with Gasteiger partial charge in [-0.3, -0.25) is 5.10 Å². The molecule has 1 aliphatic rings. The van der Waals surface area contributed by atoms with Crippen LogP contribution in [0.5, 0.6) is 0 Å². The Morgan fingerprint density at radius 3 is 3.00 bits per heavy atom. The van der Waals surface area contributed by atoms with Gasteiger partial charge in [-0.05, 0) is 0 Å². The molecule has 2 aromatic heterocycles. The van der Waals surface area contributed by atoms with E-state index in [1.165, 1.54) is 0 Å². The monoisotopic (exact) mass is 191 g/mol. The molecule has 0 saturated carbocycles. The largest absolute Gasteiger partial charge is 0.334 e. The van der Waals surface area contributed by atoms with Crippen molar-refractivity contribution in [3.8, 4) is 11.5 Å². The van der Waals surface area contributed by atoms with E-state index in [-0.39, 0.29) is 0 Å². The molecule has 1 fully saturated rings. The molecule has 0 aromatic carbocycles. The molecular formula is C8H9N5O. The summed E-state index contributed by atoms with van der Waals surface area (Å²) in [5.41, 5.74) is 0.830. The fraction of sp³-hybridized carbons (Fsp3) is 0.375. The van der Waals surface area contributed by atoms with Gasteiger partial charge in [0, 0.05) is 25.2 Å². The van der Waals surface area contributed by atoms with Gasteiger partial charge in [0.15, 0.2) is 5.82 Å². The zero-order valence-corrected chi connectivity index (χ0v) is 7.40. The number of aromatic nitrogens is 4. The molecule has 2 aromatic rings. The molecular weight excluding hydrogens is 182 g/mol. The van der Waals surface area contributed by atoms with Gasteiger partial charge in [0.05, 0.1) is 11.8 Å². The van der Waals surface area contributed by atoms with Crippen molar-refractivity contribution in [3.05, 3.63) is 18.2 Å². The van der Waals surface area contributed by atoms with E-state index in [4.69, 9.17) is 4.52 Å². The third kappa shape index (κ3) is 1.12. The Morgan fingerprint density at radius 2 is 2.36 bits per heavy atom. The van der Waals surface area contributed by atoms with E-state index in [0.29, 0.717) is 11.8 Å². The van der Waals surface area contributed by atoms with Crippen LogP contribution in [0.1, 0.15) is 11.7 Å². The van der Waals surface area contributed by atoms with Crippen molar-refractivity contribution in [1.29, 1.82) is 0 Å². The molecule has 6 heteroatoms. The SMILES string of the molecule is c1n[nH]cc1-c1nc(C2CNC2)no1. The van der Waals surface area contributed by atoms with E-state index in [0.717, 1.165) is 24.5 Å². The molecule has 0 unspecified atom stereocenters. The van der Waals surface area contributed by atoms with E-state index in [1.54, 1.807) is 12.4 Å². The molecule has 2 N–H and O–H groups in total. The van der Waals surface area contributed by atoms with Crippen molar-refractivity contribution >= 4 is 0 Å². The second kappa shape index (κ2) is 2.91. The average molecular weight is 191 g/mol. The number of nitrogens with zero attached hydrogens (tertiary/aromatic N) is 3. The molecule has 0 bridgehead atoms. The van der Waals surface area contributed by atoms with Gasteiger partial charge in [0.25, 0.3) is 5.89 Å². The molecule has 6 nitrogen and oxygen atoms in total. The van der Waals surface area contributed by atoms with Crippen LogP contribution >= 0.6 is 0 Å². The minimum absolute atomic E-state index is 0.402. The standard InChI is InChI=1S/C8H9N5O/c1-5(2-9-1)7-12-8(14-13-7)6-3-10-11-4-6/h3-5,9H,1-2H2,(H,10,11). The summed E-state index contributed by atoms with van der Waals surface area (Å²) in [4.78, 5) is 4.30. The highest BCUT2D eigenvalue weighted by Crippen LogP contribution is 2.20. The van der Waals surface area contributed by atoms with Gasteiger partial charge in [-0.1, -0.05) is 5.16 Å². The lowest BCUT2D eigenvalue weighted by Gasteiger charge is -2.23. The van der Waals surface area contributed by atoms with Crippen molar-refractivity contribution in [2.75, 3.05) is 13.1 Å². The third-order valence-corrected chi connectivity index (χ3v) is 2.33. The van der Waals surface area contributed by atoms with Crippen LogP contribution in [0.25, 0.3) is 11.5 Å². The van der Waals surface area contributed by atoms with Gasteiger partial charge in [0.1, 0.15) is 0 Å². The average Bonchev–Trinajstić information content (AvgIpc) is 2.65. The first kappa shape index (κ1) is 7.69. The summed E-state index contributed by atoms with van der Waals surface area (Å²) in [6.45, 7) is 1.87. The lowest BCUT2D eigenvalue weighted by atomic mass is 10.0. The first-order valence-electron chi connectivity index (χ1n) is 4.47. The normalized spacial score (nSPS) is 16.9. The topological polar surface area (TPSA) is 79.6 Å². The summed E-state index contributed by atoms with van der Waals surface area (Å²) in [5.74, 6) is 1.71. The molecule has 3 rings (SSSR count). The summed E-state index contributed by atoms with van der Waals surface area (Å²) < 4.78 is 5.12. The summed E-state index contributed by atoms with van der Waals surface area (Å²) in [5, 5.41) is 13.6. The summed E-state index contributed by atoms with van der Waals surface area (Å²) in [7, 11) is 0. The van der Waals surface area contributed by atoms with Gasteiger partial charge >= 0.3 is 0 Å². The number of H-pyrrole nitrogens is 1. The van der Waals surface area contributed by atoms with Crippen molar-refractivity contribution in [2.45, 2.75) is 5.92 Å². The lowest BCUT2D eigenvalue weighted by molar-refractivity contribution is 0.382. The molecule has 1 saturated heterocycles. The number of aromatic amines is 1. The molecule has 0 amide bonds. The highest BCUT2D eigenvalue weighted by molar-refractivity contribution is 5.49. The quantitative estimate of drug-likeness (QED) is 0.706. The molecule has 14 heavy (non-hydrogen) atoms. The molecule has 0 radical (unpaired) electrons. The molecule has 72 valence electrons. The second-order valence-electron chi connectivity index (χ2n) is 3.30. The highest BCUT2D eigenvalue weighted by Gasteiger charge is 2.24. The smallest absolute Gasteiger partial charge is 0.261 e. The van der Waals surface area contributed by atoms with Gasteiger partial charge in [-0.25, -0.2) is 0 Å².